The molecule has 1 N–H and O–H groups in total. The van der Waals surface area contributed by atoms with E-state index in [1.807, 2.05) is 0 Å². The largest absolute Gasteiger partial charge is 0.481 e. The summed E-state index contributed by atoms with van der Waals surface area (Å²) in [6.45, 7) is 1.55. The lowest BCUT2D eigenvalue weighted by atomic mass is 10.2. The zero-order valence-corrected chi connectivity index (χ0v) is 11.0. The van der Waals surface area contributed by atoms with Crippen molar-refractivity contribution in [2.24, 2.45) is 0 Å². The highest BCUT2D eigenvalue weighted by molar-refractivity contribution is 8.00. The fraction of sp³-hybridized carbons (Fsp3) is 0.364. The van der Waals surface area contributed by atoms with Gasteiger partial charge in [-0.25, -0.2) is 0 Å². The highest BCUT2D eigenvalue weighted by Crippen LogP contribution is 2.39. The Morgan fingerprint density at radius 2 is 2.10 bits per heavy atom. The first-order chi connectivity index (χ1) is 9.11. The Balaban J connectivity index is 3.07. The first-order valence-corrected chi connectivity index (χ1v) is 6.23. The molecule has 0 fully saturated rings. The maximum absolute atomic E-state index is 12.7. The molecule has 0 aromatic heterocycles. The fourth-order valence-corrected chi connectivity index (χ4v) is 2.52. The first-order valence-electron chi connectivity index (χ1n) is 5.35. The lowest BCUT2D eigenvalue weighted by Gasteiger charge is -2.12. The van der Waals surface area contributed by atoms with Gasteiger partial charge in [0, 0.05) is 16.2 Å². The van der Waals surface area contributed by atoms with Crippen LogP contribution in [-0.2, 0) is 11.0 Å². The highest BCUT2D eigenvalue weighted by atomic mass is 32.2. The summed E-state index contributed by atoms with van der Waals surface area (Å²) in [5.74, 6) is -1.07. The second kappa shape index (κ2) is 6.12. The van der Waals surface area contributed by atoms with Gasteiger partial charge in [0.1, 0.15) is 5.56 Å². The third-order valence-corrected chi connectivity index (χ3v) is 3.36. The van der Waals surface area contributed by atoms with Gasteiger partial charge >= 0.3 is 12.1 Å². The molecule has 1 aromatic rings. The van der Waals surface area contributed by atoms with Crippen molar-refractivity contribution in [3.05, 3.63) is 33.9 Å². The molecule has 20 heavy (non-hydrogen) atoms. The third kappa shape index (κ3) is 4.41. The summed E-state index contributed by atoms with van der Waals surface area (Å²) in [6, 6.07) is 2.62. The Labute approximate surface area is 115 Å². The maximum atomic E-state index is 12.7. The molecule has 110 valence electrons. The molecule has 0 radical (unpaired) electrons. The minimum Gasteiger partial charge on any atom is -0.481 e. The summed E-state index contributed by atoms with van der Waals surface area (Å²) in [7, 11) is 0. The molecule has 1 aromatic carbocycles. The Kier molecular flexibility index (Phi) is 4.98. The molecule has 0 aliphatic carbocycles. The fourth-order valence-electron chi connectivity index (χ4n) is 1.49. The van der Waals surface area contributed by atoms with Crippen molar-refractivity contribution >= 4 is 23.4 Å². The van der Waals surface area contributed by atoms with E-state index in [4.69, 9.17) is 5.11 Å². The first kappa shape index (κ1) is 16.3. The highest BCUT2D eigenvalue weighted by Gasteiger charge is 2.38. The Hall–Kier alpha value is -1.77. The molecule has 0 aliphatic rings. The summed E-state index contributed by atoms with van der Waals surface area (Å²) >= 11 is 0.919. The van der Waals surface area contributed by atoms with E-state index in [-0.39, 0.29) is 11.3 Å². The van der Waals surface area contributed by atoms with E-state index in [9.17, 15) is 28.1 Å². The van der Waals surface area contributed by atoms with Crippen molar-refractivity contribution in [1.29, 1.82) is 0 Å². The number of carboxylic acid groups (broad SMARTS) is 1. The van der Waals surface area contributed by atoms with Crippen LogP contribution in [0.2, 0.25) is 0 Å². The van der Waals surface area contributed by atoms with Crippen LogP contribution in [0.3, 0.4) is 0 Å². The molecule has 9 heteroatoms. The van der Waals surface area contributed by atoms with Gasteiger partial charge in [-0.05, 0) is 12.1 Å². The lowest BCUT2D eigenvalue weighted by molar-refractivity contribution is -0.388. The summed E-state index contributed by atoms with van der Waals surface area (Å²) in [6.07, 6.45) is -5.06. The van der Waals surface area contributed by atoms with E-state index in [2.05, 4.69) is 0 Å². The van der Waals surface area contributed by atoms with Crippen LogP contribution in [0.15, 0.2) is 23.1 Å². The van der Waals surface area contributed by atoms with Crippen molar-refractivity contribution < 1.29 is 28.0 Å². The van der Waals surface area contributed by atoms with Gasteiger partial charge in [-0.15, -0.1) is 11.8 Å². The molecule has 0 bridgehead atoms. The second-order valence-electron chi connectivity index (χ2n) is 3.96. The summed E-state index contributed by atoms with van der Waals surface area (Å²) < 4.78 is 38.2. The molecule has 0 spiro atoms. The minimum absolute atomic E-state index is 0.136. The van der Waals surface area contributed by atoms with Crippen molar-refractivity contribution in [1.82, 2.24) is 0 Å². The van der Waals surface area contributed by atoms with Gasteiger partial charge in [0.15, 0.2) is 0 Å². The average Bonchev–Trinajstić information content (AvgIpc) is 2.25. The van der Waals surface area contributed by atoms with Crippen molar-refractivity contribution in [3.8, 4) is 0 Å². The number of nitro groups is 1. The predicted molar refractivity (Wildman–Crippen MR) is 65.7 cm³/mol. The molecule has 0 aliphatic heterocycles. The van der Waals surface area contributed by atoms with Gasteiger partial charge in [0.2, 0.25) is 0 Å². The summed E-state index contributed by atoms with van der Waals surface area (Å²) in [5, 5.41) is 18.7. The second-order valence-corrected chi connectivity index (χ2v) is 5.47. The van der Waals surface area contributed by atoms with Crippen LogP contribution in [0.4, 0.5) is 18.9 Å². The Bertz CT molecular complexity index is 533. The van der Waals surface area contributed by atoms with E-state index in [1.54, 1.807) is 6.92 Å². The van der Waals surface area contributed by atoms with Gasteiger partial charge in [0.05, 0.1) is 11.3 Å². The van der Waals surface area contributed by atoms with Crippen LogP contribution in [-0.4, -0.2) is 21.2 Å². The summed E-state index contributed by atoms with van der Waals surface area (Å²) in [5.41, 5.74) is -2.36. The molecule has 0 saturated heterocycles. The van der Waals surface area contributed by atoms with Gasteiger partial charge in [-0.1, -0.05) is 6.92 Å². The van der Waals surface area contributed by atoms with Gasteiger partial charge in [-0.2, -0.15) is 13.2 Å². The Morgan fingerprint density at radius 3 is 2.55 bits per heavy atom. The number of alkyl halides is 3. The normalized spacial score (nSPS) is 13.0. The summed E-state index contributed by atoms with van der Waals surface area (Å²) in [4.78, 5) is 20.1. The smallest absolute Gasteiger partial charge is 0.423 e. The Morgan fingerprint density at radius 1 is 1.50 bits per heavy atom. The van der Waals surface area contributed by atoms with Gasteiger partial charge in [-0.3, -0.25) is 14.9 Å². The van der Waals surface area contributed by atoms with Crippen LogP contribution in [0.5, 0.6) is 0 Å². The molecular formula is C11H10F3NO4S. The number of hydrogen-bond acceptors (Lipinski definition) is 4. The number of halogens is 3. The van der Waals surface area contributed by atoms with Crippen LogP contribution in [0, 0.1) is 10.1 Å². The average molecular weight is 309 g/mol. The standard InChI is InChI=1S/C11H10F3NO4S/c1-6(4-10(16)17)20-7-2-3-9(15(18)19)8(5-7)11(12,13)14/h2-3,5-6H,4H2,1H3,(H,16,17). The number of nitrogens with zero attached hydrogens (tertiary/aromatic N) is 1. The quantitative estimate of drug-likeness (QED) is 0.511. The zero-order valence-electron chi connectivity index (χ0n) is 10.2. The number of thioether (sulfide) groups is 1. The van der Waals surface area contributed by atoms with Crippen molar-refractivity contribution in [2.45, 2.75) is 29.7 Å². The van der Waals surface area contributed by atoms with E-state index in [0.29, 0.717) is 6.07 Å². The molecular weight excluding hydrogens is 299 g/mol. The molecule has 1 unspecified atom stereocenters. The van der Waals surface area contributed by atoms with E-state index >= 15 is 0 Å². The number of carboxylic acids is 1. The number of benzene rings is 1. The van der Waals surface area contributed by atoms with E-state index < -0.39 is 33.6 Å². The van der Waals surface area contributed by atoms with Crippen LogP contribution in [0.1, 0.15) is 18.9 Å². The zero-order chi connectivity index (χ0) is 15.5. The van der Waals surface area contributed by atoms with E-state index in [1.165, 1.54) is 6.07 Å². The monoisotopic (exact) mass is 309 g/mol. The molecule has 0 saturated carbocycles. The van der Waals surface area contributed by atoms with Crippen LogP contribution >= 0.6 is 11.8 Å². The van der Waals surface area contributed by atoms with E-state index in [0.717, 1.165) is 17.8 Å². The van der Waals surface area contributed by atoms with Gasteiger partial charge in [0.25, 0.3) is 5.69 Å². The molecule has 0 amide bonds. The molecule has 1 atom stereocenters. The SMILES string of the molecule is CC(CC(=O)O)Sc1ccc([N+](=O)[O-])c(C(F)(F)F)c1. The minimum atomic E-state index is -4.84. The molecule has 1 rings (SSSR count). The number of nitro benzene ring substituents is 1. The number of hydrogen-bond donors (Lipinski definition) is 1. The topological polar surface area (TPSA) is 80.4 Å². The lowest BCUT2D eigenvalue weighted by Crippen LogP contribution is -2.10. The predicted octanol–water partition coefficient (Wildman–Crippen LogP) is 3.57. The maximum Gasteiger partial charge on any atom is 0.423 e. The van der Waals surface area contributed by atoms with Crippen molar-refractivity contribution in [3.63, 3.8) is 0 Å². The van der Waals surface area contributed by atoms with Gasteiger partial charge < -0.3 is 5.11 Å². The molecule has 5 nitrogen and oxygen atoms in total. The number of carbonyl (C=O) groups is 1. The molecule has 0 heterocycles. The third-order valence-electron chi connectivity index (χ3n) is 2.27. The van der Waals surface area contributed by atoms with Crippen LogP contribution < -0.4 is 0 Å². The van der Waals surface area contributed by atoms with Crippen molar-refractivity contribution in [2.75, 3.05) is 0 Å². The van der Waals surface area contributed by atoms with Crippen LogP contribution in [0.25, 0.3) is 0 Å². The number of rotatable bonds is 5. The number of aliphatic carboxylic acids is 1.